The molecule has 6 nitrogen and oxygen atoms in total. The largest absolute Gasteiger partial charge is 0.493 e. The third kappa shape index (κ3) is 6.44. The fraction of sp³-hybridized carbons (Fsp3) is 0.458. The zero-order valence-corrected chi connectivity index (χ0v) is 20.2. The van der Waals surface area contributed by atoms with E-state index in [0.29, 0.717) is 33.9 Å². The second-order valence-corrected chi connectivity index (χ2v) is 8.73. The SMILES string of the molecule is COc1ccc(C(C)NC(=O)C2CCN(CCOc3ccc(Cl)cc3Cl)CC2)cc1OC. The van der Waals surface area contributed by atoms with Gasteiger partial charge in [0, 0.05) is 17.5 Å². The number of carbonyl (C=O) groups excluding carboxylic acids is 1. The number of ether oxygens (including phenoxy) is 3. The van der Waals surface area contributed by atoms with Gasteiger partial charge in [-0.2, -0.15) is 0 Å². The monoisotopic (exact) mass is 480 g/mol. The van der Waals surface area contributed by atoms with Crippen molar-refractivity contribution in [2.45, 2.75) is 25.8 Å². The van der Waals surface area contributed by atoms with Crippen LogP contribution in [0, 0.1) is 5.92 Å². The van der Waals surface area contributed by atoms with Crippen LogP contribution in [0.1, 0.15) is 31.4 Å². The summed E-state index contributed by atoms with van der Waals surface area (Å²) >= 11 is 12.1. The Labute approximate surface area is 199 Å². The highest BCUT2D eigenvalue weighted by atomic mass is 35.5. The third-order valence-corrected chi connectivity index (χ3v) is 6.31. The molecule has 1 amide bonds. The summed E-state index contributed by atoms with van der Waals surface area (Å²) in [5, 5.41) is 4.24. The maximum atomic E-state index is 12.8. The maximum Gasteiger partial charge on any atom is 0.223 e. The molecular weight excluding hydrogens is 451 g/mol. The Morgan fingerprint density at radius 2 is 1.75 bits per heavy atom. The highest BCUT2D eigenvalue weighted by molar-refractivity contribution is 6.35. The first-order chi connectivity index (χ1) is 15.4. The summed E-state index contributed by atoms with van der Waals surface area (Å²) in [7, 11) is 3.21. The number of nitrogens with one attached hydrogen (secondary N) is 1. The Morgan fingerprint density at radius 1 is 1.06 bits per heavy atom. The summed E-state index contributed by atoms with van der Waals surface area (Å²) in [5.41, 5.74) is 0.978. The molecule has 0 aromatic heterocycles. The Hall–Kier alpha value is -2.15. The minimum Gasteiger partial charge on any atom is -0.493 e. The van der Waals surface area contributed by atoms with Crippen LogP contribution >= 0.6 is 23.2 Å². The summed E-state index contributed by atoms with van der Waals surface area (Å²) in [6, 6.07) is 10.8. The highest BCUT2D eigenvalue weighted by Gasteiger charge is 2.26. The van der Waals surface area contributed by atoms with Crippen LogP contribution in [0.15, 0.2) is 36.4 Å². The topological polar surface area (TPSA) is 60.0 Å². The lowest BCUT2D eigenvalue weighted by Crippen LogP contribution is -2.42. The second kappa shape index (κ2) is 11.6. The van der Waals surface area contributed by atoms with Crippen molar-refractivity contribution in [3.05, 3.63) is 52.0 Å². The first-order valence-electron chi connectivity index (χ1n) is 10.7. The zero-order valence-electron chi connectivity index (χ0n) is 18.7. The summed E-state index contributed by atoms with van der Waals surface area (Å²) in [6.45, 7) is 5.03. The molecule has 0 saturated carbocycles. The molecule has 2 aromatic rings. The van der Waals surface area contributed by atoms with Gasteiger partial charge in [0.15, 0.2) is 11.5 Å². The molecule has 1 saturated heterocycles. The van der Waals surface area contributed by atoms with Crippen LogP contribution in [0.5, 0.6) is 17.2 Å². The minimum atomic E-state index is -0.113. The molecule has 1 unspecified atom stereocenters. The number of hydrogen-bond acceptors (Lipinski definition) is 5. The average Bonchev–Trinajstić information content (AvgIpc) is 2.80. The van der Waals surface area contributed by atoms with E-state index in [4.69, 9.17) is 37.4 Å². The number of halogens is 2. The molecule has 0 radical (unpaired) electrons. The van der Waals surface area contributed by atoms with E-state index in [2.05, 4.69) is 10.2 Å². The van der Waals surface area contributed by atoms with Gasteiger partial charge in [0.1, 0.15) is 12.4 Å². The molecule has 1 aliphatic heterocycles. The van der Waals surface area contributed by atoms with Gasteiger partial charge in [0.25, 0.3) is 0 Å². The van der Waals surface area contributed by atoms with Gasteiger partial charge >= 0.3 is 0 Å². The summed E-state index contributed by atoms with van der Waals surface area (Å²) in [4.78, 5) is 15.1. The predicted octanol–water partition coefficient (Wildman–Crippen LogP) is 4.98. The van der Waals surface area contributed by atoms with Gasteiger partial charge < -0.3 is 19.5 Å². The average molecular weight is 481 g/mol. The summed E-state index contributed by atoms with van der Waals surface area (Å²) in [6.07, 6.45) is 1.65. The molecule has 1 N–H and O–H groups in total. The molecule has 1 atom stereocenters. The molecule has 1 fully saturated rings. The normalized spacial score (nSPS) is 15.8. The Kier molecular flexibility index (Phi) is 8.91. The van der Waals surface area contributed by atoms with Crippen molar-refractivity contribution in [2.75, 3.05) is 40.5 Å². The van der Waals surface area contributed by atoms with E-state index in [1.54, 1.807) is 32.4 Å². The fourth-order valence-electron chi connectivity index (χ4n) is 3.83. The quantitative estimate of drug-likeness (QED) is 0.548. The number of nitrogens with zero attached hydrogens (tertiary/aromatic N) is 1. The van der Waals surface area contributed by atoms with Crippen molar-refractivity contribution in [3.63, 3.8) is 0 Å². The van der Waals surface area contributed by atoms with Gasteiger partial charge in [-0.05, 0) is 68.8 Å². The van der Waals surface area contributed by atoms with Gasteiger partial charge in [0.2, 0.25) is 5.91 Å². The molecule has 0 spiro atoms. The molecule has 1 heterocycles. The molecule has 0 bridgehead atoms. The van der Waals surface area contributed by atoms with Crippen molar-refractivity contribution in [1.82, 2.24) is 10.2 Å². The number of methoxy groups -OCH3 is 2. The van der Waals surface area contributed by atoms with Crippen molar-refractivity contribution in [3.8, 4) is 17.2 Å². The first-order valence-corrected chi connectivity index (χ1v) is 11.5. The number of hydrogen-bond donors (Lipinski definition) is 1. The molecule has 8 heteroatoms. The Bertz CT molecular complexity index is 917. The molecule has 1 aliphatic rings. The van der Waals surface area contributed by atoms with Gasteiger partial charge in [-0.15, -0.1) is 0 Å². The number of carbonyl (C=O) groups is 1. The predicted molar refractivity (Wildman–Crippen MR) is 127 cm³/mol. The lowest BCUT2D eigenvalue weighted by atomic mass is 9.95. The van der Waals surface area contributed by atoms with Gasteiger partial charge in [-0.25, -0.2) is 0 Å². The van der Waals surface area contributed by atoms with E-state index in [1.807, 2.05) is 25.1 Å². The van der Waals surface area contributed by atoms with E-state index in [9.17, 15) is 4.79 Å². The van der Waals surface area contributed by atoms with Crippen LogP contribution in [0.25, 0.3) is 0 Å². The van der Waals surface area contributed by atoms with E-state index in [1.165, 1.54) is 0 Å². The molecule has 3 rings (SSSR count). The number of likely N-dealkylation sites (tertiary alicyclic amines) is 1. The van der Waals surface area contributed by atoms with Crippen molar-refractivity contribution in [1.29, 1.82) is 0 Å². The summed E-state index contributed by atoms with van der Waals surface area (Å²) < 4.78 is 16.4. The van der Waals surface area contributed by atoms with E-state index < -0.39 is 0 Å². The number of amides is 1. The van der Waals surface area contributed by atoms with Gasteiger partial charge in [-0.1, -0.05) is 29.3 Å². The second-order valence-electron chi connectivity index (χ2n) is 7.88. The first kappa shape index (κ1) is 24.5. The van der Waals surface area contributed by atoms with Crippen molar-refractivity contribution >= 4 is 29.1 Å². The maximum absolute atomic E-state index is 12.8. The lowest BCUT2D eigenvalue weighted by molar-refractivity contribution is -0.127. The van der Waals surface area contributed by atoms with E-state index in [0.717, 1.165) is 38.0 Å². The number of benzene rings is 2. The number of rotatable bonds is 9. The van der Waals surface area contributed by atoms with Crippen LogP contribution in [-0.2, 0) is 4.79 Å². The van der Waals surface area contributed by atoms with Gasteiger partial charge in [0.05, 0.1) is 25.3 Å². The van der Waals surface area contributed by atoms with Crippen LogP contribution in [0.2, 0.25) is 10.0 Å². The molecule has 32 heavy (non-hydrogen) atoms. The summed E-state index contributed by atoms with van der Waals surface area (Å²) in [5.74, 6) is 2.07. The van der Waals surface area contributed by atoms with Crippen molar-refractivity contribution in [2.24, 2.45) is 5.92 Å². The Morgan fingerprint density at radius 3 is 2.41 bits per heavy atom. The van der Waals surface area contributed by atoms with Crippen LogP contribution in [-0.4, -0.2) is 51.3 Å². The van der Waals surface area contributed by atoms with Crippen molar-refractivity contribution < 1.29 is 19.0 Å². The number of piperidine rings is 1. The highest BCUT2D eigenvalue weighted by Crippen LogP contribution is 2.30. The lowest BCUT2D eigenvalue weighted by Gasteiger charge is -2.31. The molecule has 174 valence electrons. The van der Waals surface area contributed by atoms with Crippen LogP contribution < -0.4 is 19.5 Å². The third-order valence-electron chi connectivity index (χ3n) is 5.78. The molecule has 2 aromatic carbocycles. The van der Waals surface area contributed by atoms with Crippen LogP contribution in [0.4, 0.5) is 0 Å². The molecule has 0 aliphatic carbocycles. The standard InChI is InChI=1S/C24H30Cl2N2O4/c1-16(18-4-6-22(30-2)23(14-18)31-3)27-24(29)17-8-10-28(11-9-17)12-13-32-21-7-5-19(25)15-20(21)26/h4-7,14-17H,8-13H2,1-3H3,(H,27,29). The smallest absolute Gasteiger partial charge is 0.223 e. The minimum absolute atomic E-state index is 0.0143. The fourth-order valence-corrected chi connectivity index (χ4v) is 4.30. The van der Waals surface area contributed by atoms with Crippen LogP contribution in [0.3, 0.4) is 0 Å². The van der Waals surface area contributed by atoms with E-state index >= 15 is 0 Å². The molecular formula is C24H30Cl2N2O4. The zero-order chi connectivity index (χ0) is 23.1. The Balaban J connectivity index is 1.43. The van der Waals surface area contributed by atoms with Gasteiger partial charge in [-0.3, -0.25) is 9.69 Å². The van der Waals surface area contributed by atoms with E-state index in [-0.39, 0.29) is 17.9 Å².